The lowest BCUT2D eigenvalue weighted by molar-refractivity contribution is 0.380. The standard InChI is InChI=1S/C14H21ClN2O2S/c1-11(12-5-7-13(15)8-6-12)17(2)20(18,19)14-4-3-9-16-10-14/h5-8,11,14,16H,3-4,9-10H2,1-2H3. The Morgan fingerprint density at radius 3 is 2.55 bits per heavy atom. The van der Waals surface area contributed by atoms with Crippen molar-refractivity contribution in [1.82, 2.24) is 9.62 Å². The van der Waals surface area contributed by atoms with Gasteiger partial charge in [-0.15, -0.1) is 0 Å². The van der Waals surface area contributed by atoms with E-state index in [2.05, 4.69) is 5.32 Å². The van der Waals surface area contributed by atoms with Crippen LogP contribution in [0.4, 0.5) is 0 Å². The van der Waals surface area contributed by atoms with Gasteiger partial charge in [0.15, 0.2) is 0 Å². The van der Waals surface area contributed by atoms with Gasteiger partial charge in [0.2, 0.25) is 10.0 Å². The predicted molar refractivity (Wildman–Crippen MR) is 82.4 cm³/mol. The number of rotatable bonds is 4. The Labute approximate surface area is 126 Å². The molecule has 0 spiro atoms. The van der Waals surface area contributed by atoms with Crippen LogP contribution < -0.4 is 5.32 Å². The van der Waals surface area contributed by atoms with Crippen LogP contribution in [0, 0.1) is 0 Å². The van der Waals surface area contributed by atoms with Crippen molar-refractivity contribution in [2.24, 2.45) is 0 Å². The molecule has 0 radical (unpaired) electrons. The molecular weight excluding hydrogens is 296 g/mol. The summed E-state index contributed by atoms with van der Waals surface area (Å²) in [5.74, 6) is 0. The van der Waals surface area contributed by atoms with Gasteiger partial charge in [0.25, 0.3) is 0 Å². The van der Waals surface area contributed by atoms with Crippen LogP contribution in [0.2, 0.25) is 5.02 Å². The first kappa shape index (κ1) is 15.8. The zero-order chi connectivity index (χ0) is 14.8. The molecule has 6 heteroatoms. The topological polar surface area (TPSA) is 49.4 Å². The molecule has 0 amide bonds. The number of nitrogens with zero attached hydrogens (tertiary/aromatic N) is 1. The first-order valence-corrected chi connectivity index (χ1v) is 8.74. The summed E-state index contributed by atoms with van der Waals surface area (Å²) in [6.45, 7) is 3.35. The minimum atomic E-state index is -3.28. The summed E-state index contributed by atoms with van der Waals surface area (Å²) in [4.78, 5) is 0. The van der Waals surface area contributed by atoms with Gasteiger partial charge >= 0.3 is 0 Å². The van der Waals surface area contributed by atoms with Crippen LogP contribution >= 0.6 is 11.6 Å². The van der Waals surface area contributed by atoms with Gasteiger partial charge in [-0.3, -0.25) is 0 Å². The second-order valence-corrected chi connectivity index (χ2v) is 7.97. The summed E-state index contributed by atoms with van der Waals surface area (Å²) in [6.07, 6.45) is 1.64. The maximum absolute atomic E-state index is 12.6. The number of halogens is 1. The van der Waals surface area contributed by atoms with Crippen LogP contribution in [0.15, 0.2) is 24.3 Å². The van der Waals surface area contributed by atoms with Crippen LogP contribution in [0.1, 0.15) is 31.4 Å². The third-order valence-corrected chi connectivity index (χ3v) is 6.59. The van der Waals surface area contributed by atoms with E-state index in [4.69, 9.17) is 11.6 Å². The molecule has 2 atom stereocenters. The van der Waals surface area contributed by atoms with Gasteiger partial charge < -0.3 is 5.32 Å². The van der Waals surface area contributed by atoms with E-state index in [-0.39, 0.29) is 11.3 Å². The van der Waals surface area contributed by atoms with E-state index in [1.54, 1.807) is 19.2 Å². The smallest absolute Gasteiger partial charge is 0.218 e. The van der Waals surface area contributed by atoms with Crippen molar-refractivity contribution < 1.29 is 8.42 Å². The summed E-state index contributed by atoms with van der Waals surface area (Å²) in [7, 11) is -1.63. The molecular formula is C14H21ClN2O2S. The third kappa shape index (κ3) is 3.34. The van der Waals surface area contributed by atoms with E-state index >= 15 is 0 Å². The molecule has 2 unspecified atom stereocenters. The van der Waals surface area contributed by atoms with E-state index < -0.39 is 10.0 Å². The second kappa shape index (κ2) is 6.43. The van der Waals surface area contributed by atoms with Crippen molar-refractivity contribution in [3.63, 3.8) is 0 Å². The number of hydrogen-bond donors (Lipinski definition) is 1. The zero-order valence-corrected chi connectivity index (χ0v) is 13.4. The minimum absolute atomic E-state index is 0.195. The molecule has 1 aliphatic heterocycles. The molecule has 4 nitrogen and oxygen atoms in total. The first-order valence-electron chi connectivity index (χ1n) is 6.86. The van der Waals surface area contributed by atoms with Gasteiger partial charge in [0, 0.05) is 24.7 Å². The van der Waals surface area contributed by atoms with Gasteiger partial charge in [0.05, 0.1) is 5.25 Å². The van der Waals surface area contributed by atoms with Crippen LogP contribution in [0.25, 0.3) is 0 Å². The van der Waals surface area contributed by atoms with Gasteiger partial charge in [-0.1, -0.05) is 23.7 Å². The summed E-state index contributed by atoms with van der Waals surface area (Å²) in [6, 6.07) is 7.13. The fourth-order valence-corrected chi connectivity index (χ4v) is 4.43. The molecule has 1 saturated heterocycles. The van der Waals surface area contributed by atoms with Crippen LogP contribution in [-0.2, 0) is 10.0 Å². The van der Waals surface area contributed by atoms with Gasteiger partial charge in [-0.25, -0.2) is 8.42 Å². The average molecular weight is 317 g/mol. The Balaban J connectivity index is 2.16. The number of benzene rings is 1. The summed E-state index contributed by atoms with van der Waals surface area (Å²) in [5.41, 5.74) is 0.948. The summed E-state index contributed by atoms with van der Waals surface area (Å²) < 4.78 is 26.7. The molecule has 20 heavy (non-hydrogen) atoms. The average Bonchev–Trinajstić information content (AvgIpc) is 2.47. The molecule has 1 fully saturated rings. The molecule has 0 aliphatic carbocycles. The van der Waals surface area contributed by atoms with Crippen LogP contribution in [0.5, 0.6) is 0 Å². The SMILES string of the molecule is CC(c1ccc(Cl)cc1)N(C)S(=O)(=O)C1CCCNC1. The highest BCUT2D eigenvalue weighted by atomic mass is 35.5. The van der Waals surface area contributed by atoms with E-state index in [1.165, 1.54) is 4.31 Å². The van der Waals surface area contributed by atoms with Crippen molar-refractivity contribution >= 4 is 21.6 Å². The van der Waals surface area contributed by atoms with E-state index in [0.717, 1.165) is 24.9 Å². The molecule has 1 N–H and O–H groups in total. The van der Waals surface area contributed by atoms with Crippen molar-refractivity contribution in [2.75, 3.05) is 20.1 Å². The normalized spacial score (nSPS) is 21.9. The Bertz CT molecular complexity index is 539. The van der Waals surface area contributed by atoms with E-state index in [1.807, 2.05) is 19.1 Å². The van der Waals surface area contributed by atoms with Gasteiger partial charge in [-0.05, 0) is 44.0 Å². The third-order valence-electron chi connectivity index (χ3n) is 3.97. The number of nitrogens with one attached hydrogen (secondary N) is 1. The Morgan fingerprint density at radius 2 is 2.00 bits per heavy atom. The molecule has 1 aromatic carbocycles. The Kier molecular flexibility index (Phi) is 5.07. The molecule has 112 valence electrons. The van der Waals surface area contributed by atoms with Gasteiger partial charge in [-0.2, -0.15) is 4.31 Å². The van der Waals surface area contributed by atoms with Crippen LogP contribution in [-0.4, -0.2) is 38.1 Å². The maximum atomic E-state index is 12.6. The molecule has 1 aromatic rings. The molecule has 1 heterocycles. The number of sulfonamides is 1. The fraction of sp³-hybridized carbons (Fsp3) is 0.571. The first-order chi connectivity index (χ1) is 9.43. The predicted octanol–water partition coefficient (Wildman–Crippen LogP) is 2.41. The fourth-order valence-electron chi connectivity index (χ4n) is 2.48. The summed E-state index contributed by atoms with van der Waals surface area (Å²) in [5, 5.41) is 3.49. The lowest BCUT2D eigenvalue weighted by Gasteiger charge is -2.31. The maximum Gasteiger partial charge on any atom is 0.218 e. The molecule has 0 saturated carbocycles. The Hall–Kier alpha value is -0.620. The van der Waals surface area contributed by atoms with Crippen molar-refractivity contribution in [3.8, 4) is 0 Å². The molecule has 0 bridgehead atoms. The van der Waals surface area contributed by atoms with E-state index in [9.17, 15) is 8.42 Å². The largest absolute Gasteiger partial charge is 0.315 e. The lowest BCUT2D eigenvalue weighted by Crippen LogP contribution is -2.45. The highest BCUT2D eigenvalue weighted by Gasteiger charge is 2.33. The van der Waals surface area contributed by atoms with Crippen molar-refractivity contribution in [2.45, 2.75) is 31.1 Å². The minimum Gasteiger partial charge on any atom is -0.315 e. The van der Waals surface area contributed by atoms with E-state index in [0.29, 0.717) is 11.6 Å². The highest BCUT2D eigenvalue weighted by Crippen LogP contribution is 2.26. The molecule has 2 rings (SSSR count). The highest BCUT2D eigenvalue weighted by molar-refractivity contribution is 7.89. The lowest BCUT2D eigenvalue weighted by atomic mass is 10.1. The quantitative estimate of drug-likeness (QED) is 0.928. The molecule has 1 aliphatic rings. The monoisotopic (exact) mass is 316 g/mol. The summed E-state index contributed by atoms with van der Waals surface area (Å²) >= 11 is 5.87. The number of hydrogen-bond acceptors (Lipinski definition) is 3. The second-order valence-electron chi connectivity index (χ2n) is 5.26. The Morgan fingerprint density at radius 1 is 1.35 bits per heavy atom. The van der Waals surface area contributed by atoms with Gasteiger partial charge in [0.1, 0.15) is 0 Å². The zero-order valence-electron chi connectivity index (χ0n) is 11.8. The van der Waals surface area contributed by atoms with Crippen molar-refractivity contribution in [1.29, 1.82) is 0 Å². The molecule has 0 aromatic heterocycles. The van der Waals surface area contributed by atoms with Crippen LogP contribution in [0.3, 0.4) is 0 Å². The van der Waals surface area contributed by atoms with Crippen molar-refractivity contribution in [3.05, 3.63) is 34.9 Å². The number of piperidine rings is 1.